The summed E-state index contributed by atoms with van der Waals surface area (Å²) in [5, 5.41) is 14.1. The molecule has 22 heavy (non-hydrogen) atoms. The second-order valence-corrected chi connectivity index (χ2v) is 5.77. The topological polar surface area (TPSA) is 70.8 Å². The molecule has 0 spiro atoms. The van der Waals surface area contributed by atoms with Crippen molar-refractivity contribution in [3.05, 3.63) is 39.9 Å². The van der Waals surface area contributed by atoms with Crippen LogP contribution in [0.4, 0.5) is 5.69 Å². The standard InChI is InChI=1S/C16H24N4O2/c1-3-17-16(19-9-7-13(2)8-10-19)18-12-14-5-4-6-15(11-14)20(21)22/h4-6,11,13H,3,7-10,12H2,1-2H3,(H,17,18). The van der Waals surface area contributed by atoms with Crippen LogP contribution >= 0.6 is 0 Å². The lowest BCUT2D eigenvalue weighted by molar-refractivity contribution is -0.384. The zero-order chi connectivity index (χ0) is 15.9. The van der Waals surface area contributed by atoms with Gasteiger partial charge in [-0.15, -0.1) is 0 Å². The highest BCUT2D eigenvalue weighted by atomic mass is 16.6. The predicted molar refractivity (Wildman–Crippen MR) is 87.9 cm³/mol. The third kappa shape index (κ3) is 4.44. The molecule has 0 radical (unpaired) electrons. The van der Waals surface area contributed by atoms with Gasteiger partial charge >= 0.3 is 0 Å². The van der Waals surface area contributed by atoms with E-state index in [1.165, 1.54) is 18.9 Å². The van der Waals surface area contributed by atoms with E-state index in [1.807, 2.05) is 6.07 Å². The highest BCUT2D eigenvalue weighted by Gasteiger charge is 2.18. The molecule has 0 atom stereocenters. The quantitative estimate of drug-likeness (QED) is 0.402. The third-order valence-corrected chi connectivity index (χ3v) is 3.95. The number of rotatable bonds is 4. The molecule has 0 bridgehead atoms. The summed E-state index contributed by atoms with van der Waals surface area (Å²) in [6.45, 7) is 7.64. The number of non-ortho nitro benzene ring substituents is 1. The van der Waals surface area contributed by atoms with Gasteiger partial charge in [0.15, 0.2) is 5.96 Å². The minimum atomic E-state index is -0.371. The van der Waals surface area contributed by atoms with Gasteiger partial charge in [0.05, 0.1) is 11.5 Å². The van der Waals surface area contributed by atoms with Crippen molar-refractivity contribution in [2.75, 3.05) is 19.6 Å². The fourth-order valence-electron chi connectivity index (χ4n) is 2.58. The summed E-state index contributed by atoms with van der Waals surface area (Å²) < 4.78 is 0. The Morgan fingerprint density at radius 1 is 1.45 bits per heavy atom. The van der Waals surface area contributed by atoms with Crippen LogP contribution in [-0.4, -0.2) is 35.4 Å². The molecule has 1 aliphatic heterocycles. The van der Waals surface area contributed by atoms with Gasteiger partial charge in [0.2, 0.25) is 0 Å². The number of piperidine rings is 1. The average Bonchev–Trinajstić information content (AvgIpc) is 2.52. The summed E-state index contributed by atoms with van der Waals surface area (Å²) >= 11 is 0. The zero-order valence-electron chi connectivity index (χ0n) is 13.3. The number of nitro groups is 1. The minimum Gasteiger partial charge on any atom is -0.357 e. The molecule has 1 saturated heterocycles. The van der Waals surface area contributed by atoms with Crippen molar-refractivity contribution in [1.29, 1.82) is 0 Å². The van der Waals surface area contributed by atoms with Crippen LogP contribution < -0.4 is 5.32 Å². The zero-order valence-corrected chi connectivity index (χ0v) is 13.3. The Morgan fingerprint density at radius 3 is 2.82 bits per heavy atom. The van der Waals surface area contributed by atoms with Crippen LogP contribution in [0.1, 0.15) is 32.3 Å². The maximum Gasteiger partial charge on any atom is 0.269 e. The van der Waals surface area contributed by atoms with Gasteiger partial charge in [0, 0.05) is 31.8 Å². The molecule has 1 aliphatic rings. The fraction of sp³-hybridized carbons (Fsp3) is 0.562. The number of hydrogen-bond donors (Lipinski definition) is 1. The maximum atomic E-state index is 10.8. The summed E-state index contributed by atoms with van der Waals surface area (Å²) in [6, 6.07) is 6.67. The van der Waals surface area contributed by atoms with E-state index >= 15 is 0 Å². The SMILES string of the molecule is CCNC(=NCc1cccc([N+](=O)[O-])c1)N1CCC(C)CC1. The van der Waals surface area contributed by atoms with Crippen LogP contribution in [0.3, 0.4) is 0 Å². The van der Waals surface area contributed by atoms with Gasteiger partial charge in [-0.3, -0.25) is 10.1 Å². The van der Waals surface area contributed by atoms with E-state index in [0.29, 0.717) is 6.54 Å². The molecule has 0 aliphatic carbocycles. The van der Waals surface area contributed by atoms with Gasteiger partial charge in [0.1, 0.15) is 0 Å². The Kier molecular flexibility index (Phi) is 5.75. The number of aliphatic imine (C=N–C) groups is 1. The normalized spacial score (nSPS) is 16.6. The maximum absolute atomic E-state index is 10.8. The first kappa shape index (κ1) is 16.3. The van der Waals surface area contributed by atoms with E-state index in [9.17, 15) is 10.1 Å². The molecule has 1 aromatic rings. The summed E-state index contributed by atoms with van der Waals surface area (Å²) in [4.78, 5) is 17.4. The van der Waals surface area contributed by atoms with Crippen LogP contribution in [0.25, 0.3) is 0 Å². The Balaban J connectivity index is 2.06. The summed E-state index contributed by atoms with van der Waals surface area (Å²) in [7, 11) is 0. The summed E-state index contributed by atoms with van der Waals surface area (Å²) in [5.41, 5.74) is 0.972. The molecule has 0 amide bonds. The third-order valence-electron chi connectivity index (χ3n) is 3.95. The van der Waals surface area contributed by atoms with Crippen LogP contribution in [0.2, 0.25) is 0 Å². The summed E-state index contributed by atoms with van der Waals surface area (Å²) in [6.07, 6.45) is 2.36. The Morgan fingerprint density at radius 2 is 2.18 bits per heavy atom. The van der Waals surface area contributed by atoms with E-state index in [0.717, 1.165) is 37.1 Å². The van der Waals surface area contributed by atoms with E-state index in [2.05, 4.69) is 29.1 Å². The monoisotopic (exact) mass is 304 g/mol. The highest BCUT2D eigenvalue weighted by molar-refractivity contribution is 5.80. The molecule has 2 rings (SSSR count). The van der Waals surface area contributed by atoms with Crippen molar-refractivity contribution in [3.8, 4) is 0 Å². The highest BCUT2D eigenvalue weighted by Crippen LogP contribution is 2.17. The number of likely N-dealkylation sites (tertiary alicyclic amines) is 1. The molecule has 1 N–H and O–H groups in total. The van der Waals surface area contributed by atoms with E-state index in [1.54, 1.807) is 12.1 Å². The van der Waals surface area contributed by atoms with Crippen molar-refractivity contribution in [3.63, 3.8) is 0 Å². The Bertz CT molecular complexity index is 537. The van der Waals surface area contributed by atoms with E-state index < -0.39 is 0 Å². The number of nitrogens with zero attached hydrogens (tertiary/aromatic N) is 3. The van der Waals surface area contributed by atoms with Crippen LogP contribution in [0, 0.1) is 16.0 Å². The lowest BCUT2D eigenvalue weighted by Gasteiger charge is -2.33. The molecule has 0 aromatic heterocycles. The van der Waals surface area contributed by atoms with Crippen molar-refractivity contribution in [2.45, 2.75) is 33.2 Å². The molecular weight excluding hydrogens is 280 g/mol. The van der Waals surface area contributed by atoms with Crippen molar-refractivity contribution in [2.24, 2.45) is 10.9 Å². The van der Waals surface area contributed by atoms with Crippen LogP contribution in [0.15, 0.2) is 29.3 Å². The second-order valence-electron chi connectivity index (χ2n) is 5.77. The van der Waals surface area contributed by atoms with Gasteiger partial charge in [0.25, 0.3) is 5.69 Å². The number of hydrogen-bond acceptors (Lipinski definition) is 3. The van der Waals surface area contributed by atoms with Crippen molar-refractivity contribution in [1.82, 2.24) is 10.2 Å². The van der Waals surface area contributed by atoms with E-state index in [4.69, 9.17) is 0 Å². The van der Waals surface area contributed by atoms with Crippen molar-refractivity contribution < 1.29 is 4.92 Å². The lowest BCUT2D eigenvalue weighted by Crippen LogP contribution is -2.45. The van der Waals surface area contributed by atoms with Gasteiger partial charge in [-0.1, -0.05) is 19.1 Å². The largest absolute Gasteiger partial charge is 0.357 e. The number of nitrogens with one attached hydrogen (secondary N) is 1. The molecule has 0 unspecified atom stereocenters. The van der Waals surface area contributed by atoms with Crippen LogP contribution in [0.5, 0.6) is 0 Å². The Labute approximate surface area is 131 Å². The second kappa shape index (κ2) is 7.77. The molecule has 1 heterocycles. The molecule has 0 saturated carbocycles. The molecule has 1 fully saturated rings. The van der Waals surface area contributed by atoms with Gasteiger partial charge in [-0.2, -0.15) is 0 Å². The Hall–Kier alpha value is -2.11. The van der Waals surface area contributed by atoms with Gasteiger partial charge in [-0.25, -0.2) is 4.99 Å². The van der Waals surface area contributed by atoms with Gasteiger partial charge in [-0.05, 0) is 31.2 Å². The number of guanidine groups is 1. The number of benzene rings is 1. The minimum absolute atomic E-state index is 0.115. The van der Waals surface area contributed by atoms with Crippen LogP contribution in [-0.2, 0) is 6.54 Å². The average molecular weight is 304 g/mol. The summed E-state index contributed by atoms with van der Waals surface area (Å²) in [5.74, 6) is 1.68. The lowest BCUT2D eigenvalue weighted by atomic mass is 10.00. The van der Waals surface area contributed by atoms with E-state index in [-0.39, 0.29) is 10.6 Å². The molecule has 120 valence electrons. The first-order valence-electron chi connectivity index (χ1n) is 7.86. The smallest absolute Gasteiger partial charge is 0.269 e. The van der Waals surface area contributed by atoms with Gasteiger partial charge < -0.3 is 10.2 Å². The molecular formula is C16H24N4O2. The number of nitro benzene ring substituents is 1. The first-order valence-corrected chi connectivity index (χ1v) is 7.86. The first-order chi connectivity index (χ1) is 10.6. The molecule has 6 heteroatoms. The molecule has 1 aromatic carbocycles. The molecule has 6 nitrogen and oxygen atoms in total. The van der Waals surface area contributed by atoms with Crippen molar-refractivity contribution >= 4 is 11.6 Å². The predicted octanol–water partition coefficient (Wildman–Crippen LogP) is 2.79. The fourth-order valence-corrected chi connectivity index (χ4v) is 2.58.